The lowest BCUT2D eigenvalue weighted by Gasteiger charge is -2.14. The number of nitrogens with zero attached hydrogens (tertiary/aromatic N) is 2. The molecule has 0 atom stereocenters. The number of anilines is 1. The van der Waals surface area contributed by atoms with Crippen molar-refractivity contribution in [3.63, 3.8) is 0 Å². The van der Waals surface area contributed by atoms with Gasteiger partial charge in [-0.05, 0) is 11.6 Å². The topological polar surface area (TPSA) is 51.8 Å². The summed E-state index contributed by atoms with van der Waals surface area (Å²) in [7, 11) is 0. The first-order chi connectivity index (χ1) is 7.95. The van der Waals surface area contributed by atoms with Gasteiger partial charge >= 0.3 is 0 Å². The molecule has 0 fully saturated rings. The zero-order chi connectivity index (χ0) is 12.5. The van der Waals surface area contributed by atoms with E-state index >= 15 is 0 Å². The first-order valence-corrected chi connectivity index (χ1v) is 6.47. The van der Waals surface area contributed by atoms with Crippen molar-refractivity contribution < 1.29 is 0 Å². The van der Waals surface area contributed by atoms with Crippen LogP contribution in [0.15, 0.2) is 23.8 Å². The number of nitrogen functional groups attached to an aromatic ring is 1. The van der Waals surface area contributed by atoms with E-state index in [1.165, 1.54) is 0 Å². The molecule has 3 nitrogen and oxygen atoms in total. The van der Waals surface area contributed by atoms with Crippen molar-refractivity contribution in [3.05, 3.63) is 40.1 Å². The van der Waals surface area contributed by atoms with Crippen LogP contribution in [0.5, 0.6) is 0 Å². The van der Waals surface area contributed by atoms with Gasteiger partial charge in [-0.25, -0.2) is 4.98 Å². The van der Waals surface area contributed by atoms with Crippen LogP contribution in [0.1, 0.15) is 37.0 Å². The number of nitrogens with two attached hydrogens (primary N) is 1. The van der Waals surface area contributed by atoms with E-state index in [9.17, 15) is 0 Å². The summed E-state index contributed by atoms with van der Waals surface area (Å²) in [5, 5.41) is 3.25. The van der Waals surface area contributed by atoms with E-state index in [2.05, 4.69) is 36.1 Å². The SMILES string of the molecule is CC(C)(C)c1csc(Cc2cncc(N)c2)n1. The molecular weight excluding hydrogens is 230 g/mol. The molecule has 17 heavy (non-hydrogen) atoms. The van der Waals surface area contributed by atoms with Crippen molar-refractivity contribution in [2.45, 2.75) is 32.6 Å². The Morgan fingerprint density at radius 1 is 1.29 bits per heavy atom. The third-order valence-electron chi connectivity index (χ3n) is 2.49. The molecule has 0 unspecified atom stereocenters. The molecule has 0 aliphatic rings. The fourth-order valence-electron chi connectivity index (χ4n) is 1.52. The fraction of sp³-hybridized carbons (Fsp3) is 0.385. The summed E-state index contributed by atoms with van der Waals surface area (Å²) in [5.41, 5.74) is 8.78. The lowest BCUT2D eigenvalue weighted by atomic mass is 9.93. The molecule has 2 N–H and O–H groups in total. The second-order valence-electron chi connectivity index (χ2n) is 5.18. The van der Waals surface area contributed by atoms with Gasteiger partial charge in [0, 0.05) is 29.6 Å². The van der Waals surface area contributed by atoms with Gasteiger partial charge in [-0.3, -0.25) is 4.98 Å². The van der Waals surface area contributed by atoms with Crippen LogP contribution >= 0.6 is 11.3 Å². The van der Waals surface area contributed by atoms with Crippen LogP contribution in [0.4, 0.5) is 5.69 Å². The quantitative estimate of drug-likeness (QED) is 0.887. The van der Waals surface area contributed by atoms with E-state index in [4.69, 9.17) is 5.73 Å². The Morgan fingerprint density at radius 3 is 2.65 bits per heavy atom. The van der Waals surface area contributed by atoms with E-state index in [1.807, 2.05) is 12.3 Å². The van der Waals surface area contributed by atoms with Crippen LogP contribution in [-0.2, 0) is 11.8 Å². The minimum absolute atomic E-state index is 0.114. The molecule has 2 heterocycles. The standard InChI is InChI=1S/C13H17N3S/c1-13(2,3)11-8-17-12(16-11)5-9-4-10(14)7-15-6-9/h4,6-8H,5,14H2,1-3H3. The van der Waals surface area contributed by atoms with Crippen molar-refractivity contribution in [1.29, 1.82) is 0 Å². The van der Waals surface area contributed by atoms with E-state index in [0.29, 0.717) is 5.69 Å². The van der Waals surface area contributed by atoms with Crippen LogP contribution in [0.3, 0.4) is 0 Å². The van der Waals surface area contributed by atoms with Gasteiger partial charge in [-0.15, -0.1) is 11.3 Å². The Kier molecular flexibility index (Phi) is 3.15. The van der Waals surface area contributed by atoms with Crippen LogP contribution in [-0.4, -0.2) is 9.97 Å². The van der Waals surface area contributed by atoms with Crippen molar-refractivity contribution >= 4 is 17.0 Å². The zero-order valence-electron chi connectivity index (χ0n) is 10.4. The maximum absolute atomic E-state index is 5.71. The maximum atomic E-state index is 5.71. The molecule has 0 spiro atoms. The maximum Gasteiger partial charge on any atom is 0.0973 e. The predicted molar refractivity (Wildman–Crippen MR) is 72.3 cm³/mol. The monoisotopic (exact) mass is 247 g/mol. The molecular formula is C13H17N3S. The van der Waals surface area contributed by atoms with Crippen LogP contribution in [0.25, 0.3) is 0 Å². The molecule has 90 valence electrons. The molecule has 0 radical (unpaired) electrons. The number of thiazole rings is 1. The van der Waals surface area contributed by atoms with Gasteiger partial charge in [0.15, 0.2) is 0 Å². The Hall–Kier alpha value is -1.42. The molecule has 0 aromatic carbocycles. The fourth-order valence-corrected chi connectivity index (χ4v) is 2.57. The lowest BCUT2D eigenvalue weighted by Crippen LogP contribution is -2.11. The van der Waals surface area contributed by atoms with E-state index in [-0.39, 0.29) is 5.41 Å². The van der Waals surface area contributed by atoms with Gasteiger partial charge < -0.3 is 5.73 Å². The van der Waals surface area contributed by atoms with Crippen LogP contribution in [0.2, 0.25) is 0 Å². The lowest BCUT2D eigenvalue weighted by molar-refractivity contribution is 0.571. The molecule has 0 saturated carbocycles. The zero-order valence-corrected chi connectivity index (χ0v) is 11.2. The Bertz CT molecular complexity index is 511. The second kappa shape index (κ2) is 4.45. The largest absolute Gasteiger partial charge is 0.397 e. The van der Waals surface area contributed by atoms with Gasteiger partial charge in [0.25, 0.3) is 0 Å². The summed E-state index contributed by atoms with van der Waals surface area (Å²) in [6.45, 7) is 6.52. The summed E-state index contributed by atoms with van der Waals surface area (Å²) in [6, 6.07) is 1.95. The smallest absolute Gasteiger partial charge is 0.0973 e. The van der Waals surface area contributed by atoms with E-state index in [1.54, 1.807) is 17.5 Å². The number of pyridine rings is 1. The number of hydrogen-bond acceptors (Lipinski definition) is 4. The third-order valence-corrected chi connectivity index (χ3v) is 3.34. The van der Waals surface area contributed by atoms with Gasteiger partial charge in [0.1, 0.15) is 0 Å². The highest BCUT2D eigenvalue weighted by molar-refractivity contribution is 7.09. The van der Waals surface area contributed by atoms with Gasteiger partial charge in [-0.2, -0.15) is 0 Å². The summed E-state index contributed by atoms with van der Waals surface area (Å²) in [5.74, 6) is 0. The first-order valence-electron chi connectivity index (χ1n) is 5.59. The first kappa shape index (κ1) is 12.0. The molecule has 0 amide bonds. The van der Waals surface area contributed by atoms with Gasteiger partial charge in [-0.1, -0.05) is 20.8 Å². The molecule has 2 aromatic heterocycles. The Morgan fingerprint density at radius 2 is 2.06 bits per heavy atom. The molecule has 2 rings (SSSR count). The van der Waals surface area contributed by atoms with Crippen LogP contribution < -0.4 is 5.73 Å². The van der Waals surface area contributed by atoms with Crippen molar-refractivity contribution in [1.82, 2.24) is 9.97 Å². The Balaban J connectivity index is 2.17. The molecule has 0 aliphatic heterocycles. The van der Waals surface area contributed by atoms with Crippen molar-refractivity contribution in [3.8, 4) is 0 Å². The average molecular weight is 247 g/mol. The van der Waals surface area contributed by atoms with E-state index < -0.39 is 0 Å². The van der Waals surface area contributed by atoms with Gasteiger partial charge in [0.2, 0.25) is 0 Å². The number of aromatic nitrogens is 2. The summed E-state index contributed by atoms with van der Waals surface area (Å²) < 4.78 is 0. The molecule has 0 bridgehead atoms. The van der Waals surface area contributed by atoms with Gasteiger partial charge in [0.05, 0.1) is 16.4 Å². The molecule has 4 heteroatoms. The number of hydrogen-bond donors (Lipinski definition) is 1. The van der Waals surface area contributed by atoms with Crippen LogP contribution in [0, 0.1) is 0 Å². The summed E-state index contributed by atoms with van der Waals surface area (Å²) >= 11 is 1.70. The average Bonchev–Trinajstić information content (AvgIpc) is 2.65. The second-order valence-corrected chi connectivity index (χ2v) is 6.12. The highest BCUT2D eigenvalue weighted by Crippen LogP contribution is 2.25. The molecule has 0 saturated heterocycles. The minimum Gasteiger partial charge on any atom is -0.397 e. The van der Waals surface area contributed by atoms with E-state index in [0.717, 1.165) is 22.7 Å². The molecule has 2 aromatic rings. The third kappa shape index (κ3) is 3.03. The van der Waals surface area contributed by atoms with Crippen molar-refractivity contribution in [2.24, 2.45) is 0 Å². The highest BCUT2D eigenvalue weighted by atomic mass is 32.1. The predicted octanol–water partition coefficient (Wildman–Crippen LogP) is 3.01. The molecule has 0 aliphatic carbocycles. The normalized spacial score (nSPS) is 11.7. The summed E-state index contributed by atoms with van der Waals surface area (Å²) in [4.78, 5) is 8.74. The Labute approximate surface area is 106 Å². The summed E-state index contributed by atoms with van der Waals surface area (Å²) in [6.07, 6.45) is 4.30. The minimum atomic E-state index is 0.114. The van der Waals surface area contributed by atoms with Crippen molar-refractivity contribution in [2.75, 3.05) is 5.73 Å². The highest BCUT2D eigenvalue weighted by Gasteiger charge is 2.17. The number of rotatable bonds is 2.